The number of fused-ring (bicyclic) bond motifs is 1. The van der Waals surface area contributed by atoms with Crippen LogP contribution in [0.4, 0.5) is 11.4 Å². The molecule has 0 aromatic heterocycles. The molecule has 7 heteroatoms. The van der Waals surface area contributed by atoms with Crippen molar-refractivity contribution in [2.45, 2.75) is 26.6 Å². The summed E-state index contributed by atoms with van der Waals surface area (Å²) in [5.41, 5.74) is 4.29. The van der Waals surface area contributed by atoms with E-state index in [4.69, 9.17) is 14.2 Å². The van der Waals surface area contributed by atoms with Crippen LogP contribution in [0.2, 0.25) is 0 Å². The van der Waals surface area contributed by atoms with Gasteiger partial charge in [-0.2, -0.15) is 0 Å². The van der Waals surface area contributed by atoms with Gasteiger partial charge in [0.1, 0.15) is 30.5 Å². The van der Waals surface area contributed by atoms with Crippen molar-refractivity contribution in [2.75, 3.05) is 23.4 Å². The number of amides is 2. The highest BCUT2D eigenvalue weighted by molar-refractivity contribution is 6.03. The second-order valence-electron chi connectivity index (χ2n) is 9.76. The molecular weight excluding hydrogens is 516 g/mol. The lowest BCUT2D eigenvalue weighted by atomic mass is 10.1. The Morgan fingerprint density at radius 2 is 1.73 bits per heavy atom. The smallest absolute Gasteiger partial charge is 0.267 e. The van der Waals surface area contributed by atoms with E-state index in [1.165, 1.54) is 6.08 Å². The van der Waals surface area contributed by atoms with Gasteiger partial charge in [-0.25, -0.2) is 0 Å². The van der Waals surface area contributed by atoms with E-state index in [-0.39, 0.29) is 11.8 Å². The van der Waals surface area contributed by atoms with Crippen LogP contribution in [0.3, 0.4) is 0 Å². The first-order valence-electron chi connectivity index (χ1n) is 13.5. The molecule has 7 nitrogen and oxygen atoms in total. The molecule has 5 rings (SSSR count). The summed E-state index contributed by atoms with van der Waals surface area (Å²) in [6, 6.07) is 30.6. The fraction of sp³-hybridized carbons (Fsp3) is 0.176. The van der Waals surface area contributed by atoms with Crippen LogP contribution in [-0.4, -0.2) is 31.1 Å². The number of anilines is 2. The third kappa shape index (κ3) is 7.33. The van der Waals surface area contributed by atoms with Crippen molar-refractivity contribution in [1.29, 1.82) is 0 Å². The molecule has 41 heavy (non-hydrogen) atoms. The molecule has 0 saturated carbocycles. The lowest BCUT2D eigenvalue weighted by molar-refractivity contribution is -0.125. The Hall–Kier alpha value is -5.04. The molecule has 1 N–H and O–H groups in total. The van der Waals surface area contributed by atoms with Crippen LogP contribution in [0.15, 0.2) is 103 Å². The molecule has 208 valence electrons. The molecule has 0 fully saturated rings. The van der Waals surface area contributed by atoms with Crippen LogP contribution >= 0.6 is 0 Å². The molecule has 1 heterocycles. The fourth-order valence-corrected chi connectivity index (χ4v) is 4.45. The van der Waals surface area contributed by atoms with Crippen molar-refractivity contribution in [1.82, 2.24) is 0 Å². The molecule has 0 radical (unpaired) electrons. The van der Waals surface area contributed by atoms with Gasteiger partial charge in [-0.05, 0) is 73.0 Å². The standard InChI is InChI=1S/C34H32N2O5/c1-24-7-6-10-30(21-24)39-20-19-36-31-17-14-28(22-32(31)41-25(2)34(36)38)35-33(37)18-13-26-11-15-29(16-12-26)40-23-27-8-4-3-5-9-27/h3-18,21-22,25H,19-20,23H2,1-2H3,(H,35,37)/b18-13+. The van der Waals surface area contributed by atoms with E-state index in [0.717, 1.165) is 28.2 Å². The van der Waals surface area contributed by atoms with E-state index < -0.39 is 6.10 Å². The lowest BCUT2D eigenvalue weighted by Crippen LogP contribution is -2.46. The Labute approximate surface area is 240 Å². The van der Waals surface area contributed by atoms with E-state index in [2.05, 4.69) is 5.32 Å². The van der Waals surface area contributed by atoms with E-state index in [0.29, 0.717) is 36.9 Å². The number of benzene rings is 4. The van der Waals surface area contributed by atoms with Crippen LogP contribution in [0.1, 0.15) is 23.6 Å². The Morgan fingerprint density at radius 1 is 0.927 bits per heavy atom. The Kier molecular flexibility index (Phi) is 8.64. The molecule has 1 unspecified atom stereocenters. The predicted molar refractivity (Wildman–Crippen MR) is 160 cm³/mol. The number of carbonyl (C=O) groups excluding carboxylic acids is 2. The third-order valence-electron chi connectivity index (χ3n) is 6.56. The van der Waals surface area contributed by atoms with Gasteiger partial charge in [0.25, 0.3) is 5.91 Å². The number of nitrogens with zero attached hydrogens (tertiary/aromatic N) is 1. The summed E-state index contributed by atoms with van der Waals surface area (Å²) in [7, 11) is 0. The van der Waals surface area contributed by atoms with Crippen LogP contribution < -0.4 is 24.4 Å². The predicted octanol–water partition coefficient (Wildman–Crippen LogP) is 6.42. The largest absolute Gasteiger partial charge is 0.492 e. The lowest BCUT2D eigenvalue weighted by Gasteiger charge is -2.33. The first-order valence-corrected chi connectivity index (χ1v) is 13.5. The maximum Gasteiger partial charge on any atom is 0.267 e. The van der Waals surface area contributed by atoms with Gasteiger partial charge in [-0.3, -0.25) is 9.59 Å². The van der Waals surface area contributed by atoms with Crippen LogP contribution in [-0.2, 0) is 16.2 Å². The van der Waals surface area contributed by atoms with Crippen molar-refractivity contribution < 1.29 is 23.8 Å². The van der Waals surface area contributed by atoms with Gasteiger partial charge in [-0.1, -0.05) is 54.6 Å². The average Bonchev–Trinajstić information content (AvgIpc) is 2.98. The monoisotopic (exact) mass is 548 g/mol. The molecule has 4 aromatic rings. The van der Waals surface area contributed by atoms with Crippen molar-refractivity contribution in [3.63, 3.8) is 0 Å². The third-order valence-corrected chi connectivity index (χ3v) is 6.56. The van der Waals surface area contributed by atoms with Crippen molar-refractivity contribution in [3.8, 4) is 17.2 Å². The van der Waals surface area contributed by atoms with Crippen molar-refractivity contribution in [2.24, 2.45) is 0 Å². The zero-order valence-corrected chi connectivity index (χ0v) is 23.1. The summed E-state index contributed by atoms with van der Waals surface area (Å²) in [6.07, 6.45) is 2.57. The number of carbonyl (C=O) groups is 2. The first-order chi connectivity index (χ1) is 19.9. The van der Waals surface area contributed by atoms with Gasteiger partial charge >= 0.3 is 0 Å². The number of hydrogen-bond donors (Lipinski definition) is 1. The fourth-order valence-electron chi connectivity index (χ4n) is 4.45. The van der Waals surface area contributed by atoms with E-state index in [1.807, 2.05) is 85.8 Å². The van der Waals surface area contributed by atoms with Crippen LogP contribution in [0.25, 0.3) is 6.08 Å². The Morgan fingerprint density at radius 3 is 2.51 bits per heavy atom. The molecule has 0 bridgehead atoms. The van der Waals surface area contributed by atoms with Crippen molar-refractivity contribution >= 4 is 29.3 Å². The summed E-state index contributed by atoms with van der Waals surface area (Å²) in [5.74, 6) is 1.63. The Bertz CT molecular complexity index is 1530. The molecule has 0 saturated heterocycles. The highest BCUT2D eigenvalue weighted by atomic mass is 16.5. The SMILES string of the molecule is Cc1cccc(OCCN2C(=O)C(C)Oc3cc(NC(=O)/C=C/c4ccc(OCc5ccccc5)cc4)ccc32)c1. The summed E-state index contributed by atoms with van der Waals surface area (Å²) in [5, 5.41) is 2.86. The van der Waals surface area contributed by atoms with E-state index >= 15 is 0 Å². The zero-order valence-electron chi connectivity index (χ0n) is 23.1. The zero-order chi connectivity index (χ0) is 28.6. The molecule has 1 aliphatic rings. The second-order valence-corrected chi connectivity index (χ2v) is 9.76. The van der Waals surface area contributed by atoms with Gasteiger partial charge in [-0.15, -0.1) is 0 Å². The molecule has 0 spiro atoms. The molecule has 4 aromatic carbocycles. The molecule has 1 aliphatic heterocycles. The minimum absolute atomic E-state index is 0.137. The topological polar surface area (TPSA) is 77.1 Å². The molecule has 2 amide bonds. The highest BCUT2D eigenvalue weighted by Gasteiger charge is 2.31. The molecule has 1 atom stereocenters. The normalized spacial score (nSPS) is 14.3. The van der Waals surface area contributed by atoms with Crippen LogP contribution in [0, 0.1) is 6.92 Å². The summed E-state index contributed by atoms with van der Waals surface area (Å²) < 4.78 is 17.5. The summed E-state index contributed by atoms with van der Waals surface area (Å²) in [6.45, 7) is 4.92. The highest BCUT2D eigenvalue weighted by Crippen LogP contribution is 2.36. The maximum atomic E-state index is 12.8. The van der Waals surface area contributed by atoms with E-state index in [1.54, 1.807) is 36.1 Å². The van der Waals surface area contributed by atoms with Gasteiger partial charge in [0.05, 0.1) is 12.2 Å². The maximum absolute atomic E-state index is 12.8. The number of aryl methyl sites for hydroxylation is 1. The number of rotatable bonds is 10. The van der Waals surface area contributed by atoms with Gasteiger partial charge < -0.3 is 24.4 Å². The summed E-state index contributed by atoms with van der Waals surface area (Å²) in [4.78, 5) is 27.1. The molecular formula is C34H32N2O5. The van der Waals surface area contributed by atoms with Gasteiger partial charge in [0.2, 0.25) is 5.91 Å². The van der Waals surface area contributed by atoms with E-state index in [9.17, 15) is 9.59 Å². The number of ether oxygens (including phenoxy) is 3. The number of nitrogens with one attached hydrogen (secondary N) is 1. The van der Waals surface area contributed by atoms with Crippen LogP contribution in [0.5, 0.6) is 17.2 Å². The average molecular weight is 549 g/mol. The first kappa shape index (κ1) is 27.5. The molecule has 0 aliphatic carbocycles. The quantitative estimate of drug-likeness (QED) is 0.232. The van der Waals surface area contributed by atoms with Crippen molar-refractivity contribution in [3.05, 3.63) is 120 Å². The van der Waals surface area contributed by atoms with Gasteiger partial charge in [0.15, 0.2) is 6.10 Å². The van der Waals surface area contributed by atoms with Gasteiger partial charge in [0, 0.05) is 17.8 Å². The minimum atomic E-state index is -0.646. The minimum Gasteiger partial charge on any atom is -0.492 e. The number of hydrogen-bond acceptors (Lipinski definition) is 5. The second kappa shape index (κ2) is 12.9. The summed E-state index contributed by atoms with van der Waals surface area (Å²) >= 11 is 0. The Balaban J connectivity index is 1.17.